The van der Waals surface area contributed by atoms with Gasteiger partial charge in [0.25, 0.3) is 0 Å². The highest BCUT2D eigenvalue weighted by Gasteiger charge is 2.22. The first-order valence-electron chi connectivity index (χ1n) is 18.3. The molecule has 3 heterocycles. The summed E-state index contributed by atoms with van der Waals surface area (Å²) in [6, 6.07) is 61.3. The Kier molecular flexibility index (Phi) is 6.61. The van der Waals surface area contributed by atoms with Crippen molar-refractivity contribution in [1.29, 1.82) is 0 Å². The van der Waals surface area contributed by atoms with E-state index in [0.717, 1.165) is 72.1 Å². The van der Waals surface area contributed by atoms with Crippen LogP contribution < -0.4 is 0 Å². The standard InChI is InChI=1S/C50H29N5/c1-51-33-26-27-48-42(31-33)41-19-13-25-49(54-46-23-11-6-17-39(46)40-18-7-12-24-47(40)54)50(41)55(48)43-20-8-3-14-36(43)32-28-34(52-2)30-35(29-32)53-44-21-9-4-15-37(44)38-16-5-10-22-45(38)53/h3-31H. The molecule has 55 heavy (non-hydrogen) atoms. The zero-order chi connectivity index (χ0) is 36.6. The van der Waals surface area contributed by atoms with Gasteiger partial charge in [-0.15, -0.1) is 0 Å². The molecular weight excluding hydrogens is 671 g/mol. The minimum atomic E-state index is 0.569. The number of nitrogens with zero attached hydrogens (tertiary/aromatic N) is 5. The average Bonchev–Trinajstić information content (AvgIpc) is 3.89. The van der Waals surface area contributed by atoms with Crippen LogP contribution in [0.4, 0.5) is 11.4 Å². The zero-order valence-electron chi connectivity index (χ0n) is 29.5. The zero-order valence-corrected chi connectivity index (χ0v) is 29.5. The summed E-state index contributed by atoms with van der Waals surface area (Å²) in [6.45, 7) is 16.1. The SMILES string of the molecule is [C-]#[N+]c1cc(-c2ccccc2-n2c3ccc([N+]#[C-])cc3c3cccc(-n4c5ccccc5c5ccccc54)c32)cc(-n2c3ccccc3c3ccccc32)c1. The van der Waals surface area contributed by atoms with Crippen LogP contribution in [0.3, 0.4) is 0 Å². The van der Waals surface area contributed by atoms with Crippen molar-refractivity contribution in [3.63, 3.8) is 0 Å². The molecule has 11 aromatic rings. The van der Waals surface area contributed by atoms with Crippen molar-refractivity contribution in [2.24, 2.45) is 0 Å². The van der Waals surface area contributed by atoms with Gasteiger partial charge in [-0.2, -0.15) is 0 Å². The van der Waals surface area contributed by atoms with Crippen LogP contribution in [0.2, 0.25) is 0 Å². The summed E-state index contributed by atoms with van der Waals surface area (Å²) in [6.07, 6.45) is 0. The monoisotopic (exact) mass is 699 g/mol. The Morgan fingerprint density at radius 2 is 0.855 bits per heavy atom. The molecular formula is C50H29N5. The third kappa shape index (κ3) is 4.45. The molecule has 0 aliphatic rings. The summed E-state index contributed by atoms with van der Waals surface area (Å²) in [5.41, 5.74) is 12.6. The van der Waals surface area contributed by atoms with Gasteiger partial charge in [-0.1, -0.05) is 109 Å². The predicted molar refractivity (Wildman–Crippen MR) is 227 cm³/mol. The van der Waals surface area contributed by atoms with Crippen LogP contribution in [-0.2, 0) is 0 Å². The summed E-state index contributed by atoms with van der Waals surface area (Å²) in [5.74, 6) is 0. The fraction of sp³-hybridized carbons (Fsp3) is 0. The maximum absolute atomic E-state index is 8.22. The number of para-hydroxylation sites is 6. The van der Waals surface area contributed by atoms with Gasteiger partial charge in [0, 0.05) is 38.2 Å². The minimum Gasteiger partial charge on any atom is -0.310 e. The highest BCUT2D eigenvalue weighted by molar-refractivity contribution is 6.16. The number of rotatable bonds is 4. The van der Waals surface area contributed by atoms with E-state index in [4.69, 9.17) is 13.1 Å². The molecule has 0 unspecified atom stereocenters. The van der Waals surface area contributed by atoms with E-state index in [-0.39, 0.29) is 0 Å². The highest BCUT2D eigenvalue weighted by Crippen LogP contribution is 2.43. The van der Waals surface area contributed by atoms with E-state index in [1.807, 2.05) is 24.3 Å². The van der Waals surface area contributed by atoms with Gasteiger partial charge >= 0.3 is 0 Å². The van der Waals surface area contributed by atoms with Crippen LogP contribution in [-0.4, -0.2) is 13.7 Å². The Bertz CT molecular complexity index is 3360. The molecule has 0 N–H and O–H groups in total. The highest BCUT2D eigenvalue weighted by atomic mass is 15.1. The fourth-order valence-electron chi connectivity index (χ4n) is 8.78. The van der Waals surface area contributed by atoms with Crippen LogP contribution >= 0.6 is 0 Å². The van der Waals surface area contributed by atoms with Crippen LogP contribution in [0.25, 0.3) is 103 Å². The molecule has 0 radical (unpaired) electrons. The van der Waals surface area contributed by atoms with E-state index in [1.165, 1.54) is 21.5 Å². The number of hydrogen-bond acceptors (Lipinski definition) is 0. The predicted octanol–water partition coefficient (Wildman–Crippen LogP) is 13.7. The van der Waals surface area contributed by atoms with Gasteiger partial charge in [0.15, 0.2) is 11.4 Å². The third-order valence-electron chi connectivity index (χ3n) is 11.0. The second-order valence-corrected chi connectivity index (χ2v) is 13.9. The third-order valence-corrected chi connectivity index (χ3v) is 11.0. The van der Waals surface area contributed by atoms with Crippen molar-refractivity contribution in [2.45, 2.75) is 0 Å². The number of aromatic nitrogens is 3. The quantitative estimate of drug-likeness (QED) is 0.163. The normalized spacial score (nSPS) is 11.6. The maximum atomic E-state index is 8.22. The van der Waals surface area contributed by atoms with Gasteiger partial charge < -0.3 is 13.7 Å². The number of hydrogen-bond donors (Lipinski definition) is 0. The molecule has 5 heteroatoms. The molecule has 0 bridgehead atoms. The van der Waals surface area contributed by atoms with E-state index in [1.54, 1.807) is 0 Å². The second kappa shape index (κ2) is 11.8. The summed E-state index contributed by atoms with van der Waals surface area (Å²) in [4.78, 5) is 7.83. The molecule has 0 aliphatic carbocycles. The summed E-state index contributed by atoms with van der Waals surface area (Å²) >= 11 is 0. The summed E-state index contributed by atoms with van der Waals surface area (Å²) in [5, 5.41) is 6.83. The Labute approximate surface area is 316 Å². The summed E-state index contributed by atoms with van der Waals surface area (Å²) in [7, 11) is 0. The topological polar surface area (TPSA) is 23.5 Å². The van der Waals surface area contributed by atoms with Gasteiger partial charge in [-0.3, -0.25) is 0 Å². The molecule has 0 saturated heterocycles. The van der Waals surface area contributed by atoms with Crippen molar-refractivity contribution >= 4 is 76.8 Å². The molecule has 0 saturated carbocycles. The van der Waals surface area contributed by atoms with Gasteiger partial charge in [-0.05, 0) is 77.7 Å². The molecule has 0 aliphatic heterocycles. The smallest absolute Gasteiger partial charge is 0.189 e. The van der Waals surface area contributed by atoms with E-state index in [2.05, 4.69) is 175 Å². The number of benzene rings is 8. The Balaban J connectivity index is 1.24. The van der Waals surface area contributed by atoms with Gasteiger partial charge in [0.1, 0.15) is 0 Å². The Morgan fingerprint density at radius 3 is 1.47 bits per heavy atom. The Hall–Kier alpha value is -7.86. The second-order valence-electron chi connectivity index (χ2n) is 13.9. The van der Waals surface area contributed by atoms with Crippen molar-refractivity contribution in [3.8, 4) is 28.2 Å². The summed E-state index contributed by atoms with van der Waals surface area (Å²) < 4.78 is 7.01. The van der Waals surface area contributed by atoms with Crippen LogP contribution in [0, 0.1) is 13.1 Å². The minimum absolute atomic E-state index is 0.569. The molecule has 5 nitrogen and oxygen atoms in total. The first-order chi connectivity index (χ1) is 27.2. The van der Waals surface area contributed by atoms with Gasteiger partial charge in [0.2, 0.25) is 0 Å². The molecule has 254 valence electrons. The van der Waals surface area contributed by atoms with Crippen LogP contribution in [0.5, 0.6) is 0 Å². The first-order valence-corrected chi connectivity index (χ1v) is 18.3. The van der Waals surface area contributed by atoms with E-state index in [0.29, 0.717) is 11.4 Å². The molecule has 3 aromatic heterocycles. The fourth-order valence-corrected chi connectivity index (χ4v) is 8.78. The van der Waals surface area contributed by atoms with Gasteiger partial charge in [-0.25, -0.2) is 9.69 Å². The first kappa shape index (κ1) is 30.7. The van der Waals surface area contributed by atoms with Crippen molar-refractivity contribution < 1.29 is 0 Å². The lowest BCUT2D eigenvalue weighted by molar-refractivity contribution is 1.13. The molecule has 0 spiro atoms. The van der Waals surface area contributed by atoms with Crippen molar-refractivity contribution in [3.05, 3.63) is 199 Å². The van der Waals surface area contributed by atoms with Crippen molar-refractivity contribution in [2.75, 3.05) is 0 Å². The van der Waals surface area contributed by atoms with E-state index in [9.17, 15) is 0 Å². The Morgan fingerprint density at radius 1 is 0.345 bits per heavy atom. The van der Waals surface area contributed by atoms with E-state index >= 15 is 0 Å². The molecule has 0 fully saturated rings. The maximum Gasteiger partial charge on any atom is 0.189 e. The molecule has 0 amide bonds. The average molecular weight is 700 g/mol. The van der Waals surface area contributed by atoms with Crippen LogP contribution in [0.1, 0.15) is 0 Å². The molecule has 8 aromatic carbocycles. The number of fused-ring (bicyclic) bond motifs is 9. The lowest BCUT2D eigenvalue weighted by Gasteiger charge is -2.18. The molecule has 11 rings (SSSR count). The largest absolute Gasteiger partial charge is 0.310 e. The van der Waals surface area contributed by atoms with Crippen LogP contribution in [0.15, 0.2) is 176 Å². The van der Waals surface area contributed by atoms with Gasteiger partial charge in [0.05, 0.1) is 57.6 Å². The lowest BCUT2D eigenvalue weighted by atomic mass is 10.0. The molecule has 0 atom stereocenters. The van der Waals surface area contributed by atoms with Crippen molar-refractivity contribution in [1.82, 2.24) is 13.7 Å². The van der Waals surface area contributed by atoms with E-state index < -0.39 is 0 Å². The lowest BCUT2D eigenvalue weighted by Crippen LogP contribution is -2.02.